The maximum Gasteiger partial charge on any atom is 0.181 e. The molecular formula is C12H13N3O2S2. The van der Waals surface area contributed by atoms with Crippen LogP contribution in [0.15, 0.2) is 10.7 Å². The minimum Gasteiger partial charge on any atom is -0.411 e. The maximum atomic E-state index is 12.1. The van der Waals surface area contributed by atoms with Crippen molar-refractivity contribution in [3.63, 3.8) is 0 Å². The minimum atomic E-state index is 0.0268. The second kappa shape index (κ2) is 5.58. The highest BCUT2D eigenvalue weighted by Crippen LogP contribution is 2.22. The molecule has 2 rings (SSSR count). The fourth-order valence-electron chi connectivity index (χ4n) is 1.70. The summed E-state index contributed by atoms with van der Waals surface area (Å²) in [5, 5.41) is 12.7. The fraction of sp³-hybridized carbons (Fsp3) is 0.333. The molecule has 0 fully saturated rings. The topological polar surface area (TPSA) is 75.4 Å². The van der Waals surface area contributed by atoms with Crippen LogP contribution in [-0.2, 0) is 6.42 Å². The van der Waals surface area contributed by atoms with E-state index in [4.69, 9.17) is 5.21 Å². The van der Waals surface area contributed by atoms with Crippen molar-refractivity contribution in [2.75, 3.05) is 0 Å². The zero-order chi connectivity index (χ0) is 14.0. The summed E-state index contributed by atoms with van der Waals surface area (Å²) in [6, 6.07) is 0. The van der Waals surface area contributed by atoms with Crippen LogP contribution in [0.5, 0.6) is 0 Å². The van der Waals surface area contributed by atoms with Crippen molar-refractivity contribution in [3.05, 3.63) is 31.7 Å². The van der Waals surface area contributed by atoms with Gasteiger partial charge in [-0.3, -0.25) is 4.79 Å². The molecule has 0 bridgehead atoms. The third-order valence-corrected chi connectivity index (χ3v) is 4.87. The average molecular weight is 295 g/mol. The van der Waals surface area contributed by atoms with Gasteiger partial charge in [0.2, 0.25) is 0 Å². The molecule has 0 spiro atoms. The second-order valence-corrected chi connectivity index (χ2v) is 6.01. The Morgan fingerprint density at radius 2 is 2.11 bits per heavy atom. The van der Waals surface area contributed by atoms with Crippen LogP contribution >= 0.6 is 22.7 Å². The normalized spacial score (nSPS) is 11.8. The van der Waals surface area contributed by atoms with Gasteiger partial charge in [-0.05, 0) is 20.8 Å². The predicted molar refractivity (Wildman–Crippen MR) is 75.7 cm³/mol. The van der Waals surface area contributed by atoms with E-state index in [9.17, 15) is 4.79 Å². The number of nitrogens with zero attached hydrogens (tertiary/aromatic N) is 3. The highest BCUT2D eigenvalue weighted by Gasteiger charge is 2.17. The van der Waals surface area contributed by atoms with Gasteiger partial charge < -0.3 is 5.21 Å². The lowest BCUT2D eigenvalue weighted by Gasteiger charge is -1.95. The minimum absolute atomic E-state index is 0.0268. The molecule has 0 atom stereocenters. The third-order valence-electron chi connectivity index (χ3n) is 2.63. The number of thiazole rings is 2. The van der Waals surface area contributed by atoms with Gasteiger partial charge in [0.1, 0.15) is 5.01 Å². The summed E-state index contributed by atoms with van der Waals surface area (Å²) in [5.74, 6) is 0.0268. The summed E-state index contributed by atoms with van der Waals surface area (Å²) in [6.45, 7) is 5.37. The van der Waals surface area contributed by atoms with Gasteiger partial charge in [-0.15, -0.1) is 22.7 Å². The number of Topliss-reactive ketones (excluding diaryl/α,β-unsaturated/α-hetero) is 1. The number of hydrogen-bond acceptors (Lipinski definition) is 7. The molecule has 19 heavy (non-hydrogen) atoms. The highest BCUT2D eigenvalue weighted by atomic mass is 32.1. The van der Waals surface area contributed by atoms with Crippen molar-refractivity contribution in [1.29, 1.82) is 0 Å². The molecule has 0 saturated heterocycles. The molecule has 100 valence electrons. The van der Waals surface area contributed by atoms with Crippen LogP contribution in [0, 0.1) is 13.8 Å². The van der Waals surface area contributed by atoms with Gasteiger partial charge in [0, 0.05) is 0 Å². The van der Waals surface area contributed by atoms with Crippen LogP contribution in [0.2, 0.25) is 0 Å². The average Bonchev–Trinajstić information content (AvgIpc) is 2.94. The monoisotopic (exact) mass is 295 g/mol. The number of hydrogen-bond donors (Lipinski definition) is 1. The summed E-state index contributed by atoms with van der Waals surface area (Å²) >= 11 is 2.74. The first-order valence-electron chi connectivity index (χ1n) is 5.61. The molecule has 2 aromatic rings. The second-order valence-electron chi connectivity index (χ2n) is 4.07. The molecule has 7 heteroatoms. The molecule has 0 aliphatic rings. The predicted octanol–water partition coefficient (Wildman–Crippen LogP) is 2.84. The molecule has 0 aliphatic carbocycles. The van der Waals surface area contributed by atoms with Gasteiger partial charge in [0.05, 0.1) is 38.8 Å². The molecule has 0 unspecified atom stereocenters. The van der Waals surface area contributed by atoms with Crippen molar-refractivity contribution in [2.24, 2.45) is 5.16 Å². The number of rotatable bonds is 4. The Bertz CT molecular complexity index is 643. The number of carbonyl (C=O) groups excluding carboxylic acids is 1. The summed E-state index contributed by atoms with van der Waals surface area (Å²) in [6.07, 6.45) is 0.257. The standard InChI is InChI=1S/C12H13N3O2S2/c1-6-12(18-5-13-6)9(16)4-10-14-7(2)11(19-10)8(3)15-17/h5,17H,4H2,1-3H3/b15-8+. The van der Waals surface area contributed by atoms with Crippen LogP contribution in [0.1, 0.15) is 37.9 Å². The van der Waals surface area contributed by atoms with Gasteiger partial charge >= 0.3 is 0 Å². The molecule has 2 heterocycles. The fourth-order valence-corrected chi connectivity index (χ4v) is 3.44. The van der Waals surface area contributed by atoms with E-state index in [1.54, 1.807) is 12.4 Å². The number of carbonyl (C=O) groups is 1. The Balaban J connectivity index is 2.21. The van der Waals surface area contributed by atoms with E-state index in [1.165, 1.54) is 22.7 Å². The lowest BCUT2D eigenvalue weighted by Crippen LogP contribution is -2.02. The summed E-state index contributed by atoms with van der Waals surface area (Å²) < 4.78 is 0. The van der Waals surface area contributed by atoms with Gasteiger partial charge in [0.15, 0.2) is 5.78 Å². The molecule has 0 aliphatic heterocycles. The van der Waals surface area contributed by atoms with Crippen molar-refractivity contribution in [2.45, 2.75) is 27.2 Å². The van der Waals surface area contributed by atoms with Gasteiger partial charge in [-0.25, -0.2) is 9.97 Å². The summed E-state index contributed by atoms with van der Waals surface area (Å²) in [5.41, 5.74) is 3.73. The van der Waals surface area contributed by atoms with Crippen LogP contribution in [-0.4, -0.2) is 26.7 Å². The first kappa shape index (κ1) is 13.8. The molecule has 0 amide bonds. The molecule has 1 N–H and O–H groups in total. The van der Waals surface area contributed by atoms with E-state index < -0.39 is 0 Å². The number of oxime groups is 1. The van der Waals surface area contributed by atoms with Crippen LogP contribution < -0.4 is 0 Å². The number of aromatic nitrogens is 2. The zero-order valence-electron chi connectivity index (χ0n) is 10.8. The summed E-state index contributed by atoms with van der Waals surface area (Å²) in [7, 11) is 0. The zero-order valence-corrected chi connectivity index (χ0v) is 12.4. The molecular weight excluding hydrogens is 282 g/mol. The van der Waals surface area contributed by atoms with E-state index in [1.807, 2.05) is 13.8 Å². The van der Waals surface area contributed by atoms with Crippen molar-refractivity contribution in [3.8, 4) is 0 Å². The van der Waals surface area contributed by atoms with E-state index in [2.05, 4.69) is 15.1 Å². The number of aryl methyl sites for hydroxylation is 2. The molecule has 0 saturated carbocycles. The van der Waals surface area contributed by atoms with Crippen LogP contribution in [0.3, 0.4) is 0 Å². The third kappa shape index (κ3) is 2.87. The summed E-state index contributed by atoms with van der Waals surface area (Å²) in [4.78, 5) is 22.0. The SMILES string of the molecule is C/C(=N\O)c1sc(CC(=O)c2scnc2C)nc1C. The molecule has 2 aromatic heterocycles. The van der Waals surface area contributed by atoms with Gasteiger partial charge in [0.25, 0.3) is 0 Å². The van der Waals surface area contributed by atoms with Gasteiger partial charge in [-0.2, -0.15) is 0 Å². The lowest BCUT2D eigenvalue weighted by atomic mass is 10.2. The van der Waals surface area contributed by atoms with E-state index >= 15 is 0 Å². The first-order valence-corrected chi connectivity index (χ1v) is 7.31. The maximum absolute atomic E-state index is 12.1. The molecule has 5 nitrogen and oxygen atoms in total. The van der Waals surface area contributed by atoms with E-state index in [0.717, 1.165) is 21.3 Å². The molecule has 0 aromatic carbocycles. The number of ketones is 1. The Labute approximate surface area is 118 Å². The lowest BCUT2D eigenvalue weighted by molar-refractivity contribution is 0.0996. The Hall–Kier alpha value is -1.60. The Morgan fingerprint density at radius 3 is 2.68 bits per heavy atom. The van der Waals surface area contributed by atoms with Crippen molar-refractivity contribution < 1.29 is 10.0 Å². The quantitative estimate of drug-likeness (QED) is 0.407. The van der Waals surface area contributed by atoms with Crippen molar-refractivity contribution in [1.82, 2.24) is 9.97 Å². The van der Waals surface area contributed by atoms with Crippen molar-refractivity contribution >= 4 is 34.2 Å². The van der Waals surface area contributed by atoms with Crippen LogP contribution in [0.4, 0.5) is 0 Å². The van der Waals surface area contributed by atoms with Gasteiger partial charge in [-0.1, -0.05) is 5.16 Å². The molecule has 0 radical (unpaired) electrons. The van der Waals surface area contributed by atoms with Crippen LogP contribution in [0.25, 0.3) is 0 Å². The highest BCUT2D eigenvalue weighted by molar-refractivity contribution is 7.14. The largest absolute Gasteiger partial charge is 0.411 e. The Kier molecular flexibility index (Phi) is 4.06. The van der Waals surface area contributed by atoms with E-state index in [0.29, 0.717) is 10.6 Å². The Morgan fingerprint density at radius 1 is 1.37 bits per heavy atom. The first-order chi connectivity index (χ1) is 9.02. The van der Waals surface area contributed by atoms with E-state index in [-0.39, 0.29) is 12.2 Å². The smallest absolute Gasteiger partial charge is 0.181 e.